The molecule has 1 unspecified atom stereocenters. The number of hydrogen-bond donors (Lipinski definition) is 2. The molecule has 1 saturated heterocycles. The van der Waals surface area contributed by atoms with E-state index >= 15 is 8.78 Å². The Morgan fingerprint density at radius 2 is 2.04 bits per heavy atom. The van der Waals surface area contributed by atoms with Gasteiger partial charge in [0.2, 0.25) is 5.91 Å². The number of aliphatic hydroxyl groups excluding tert-OH is 1. The van der Waals surface area contributed by atoms with Gasteiger partial charge in [-0.25, -0.2) is 8.78 Å². The molecule has 0 spiro atoms. The molecule has 0 saturated carbocycles. The quantitative estimate of drug-likeness (QED) is 0.841. The van der Waals surface area contributed by atoms with E-state index in [9.17, 15) is 9.90 Å². The Morgan fingerprint density at radius 3 is 2.65 bits per heavy atom. The highest BCUT2D eigenvalue weighted by molar-refractivity contribution is 6.31. The SMILES string of the molecule is CC(C)C(=O)N1CCC(C(F)(F)C(O)c2cc(Cl)cc3cn[nH]c23)CC1. The highest BCUT2D eigenvalue weighted by Gasteiger charge is 2.48. The molecule has 1 atom stereocenters. The fourth-order valence-electron chi connectivity index (χ4n) is 3.54. The zero-order valence-electron chi connectivity index (χ0n) is 14.7. The van der Waals surface area contributed by atoms with Gasteiger partial charge in [-0.2, -0.15) is 5.10 Å². The minimum atomic E-state index is -3.34. The van der Waals surface area contributed by atoms with Crippen LogP contribution in [0.25, 0.3) is 10.9 Å². The number of fused-ring (bicyclic) bond motifs is 1. The third kappa shape index (κ3) is 3.42. The Morgan fingerprint density at radius 1 is 1.38 bits per heavy atom. The van der Waals surface area contributed by atoms with Crippen molar-refractivity contribution in [3.63, 3.8) is 0 Å². The Labute approximate surface area is 155 Å². The number of piperidine rings is 1. The minimum Gasteiger partial charge on any atom is -0.382 e. The lowest BCUT2D eigenvalue weighted by atomic mass is 9.84. The average Bonchev–Trinajstić information content (AvgIpc) is 3.07. The Balaban J connectivity index is 1.79. The predicted molar refractivity (Wildman–Crippen MR) is 95.2 cm³/mol. The van der Waals surface area contributed by atoms with Crippen LogP contribution in [0.4, 0.5) is 8.78 Å². The van der Waals surface area contributed by atoms with Crippen LogP contribution in [0.5, 0.6) is 0 Å². The van der Waals surface area contributed by atoms with Crippen molar-refractivity contribution in [2.24, 2.45) is 11.8 Å². The first-order chi connectivity index (χ1) is 12.2. The summed E-state index contributed by atoms with van der Waals surface area (Å²) in [4.78, 5) is 13.6. The van der Waals surface area contributed by atoms with Crippen LogP contribution >= 0.6 is 11.6 Å². The van der Waals surface area contributed by atoms with E-state index in [0.717, 1.165) is 0 Å². The topological polar surface area (TPSA) is 69.2 Å². The summed E-state index contributed by atoms with van der Waals surface area (Å²) in [5.41, 5.74) is 0.393. The number of amides is 1. The fourth-order valence-corrected chi connectivity index (χ4v) is 3.78. The van der Waals surface area contributed by atoms with E-state index < -0.39 is 17.9 Å². The largest absolute Gasteiger partial charge is 0.382 e. The van der Waals surface area contributed by atoms with Crippen LogP contribution in [0.3, 0.4) is 0 Å². The first-order valence-corrected chi connectivity index (χ1v) is 9.06. The van der Waals surface area contributed by atoms with E-state index in [1.807, 2.05) is 0 Å². The van der Waals surface area contributed by atoms with Crippen molar-refractivity contribution in [3.05, 3.63) is 28.9 Å². The first kappa shape index (κ1) is 19.0. The van der Waals surface area contributed by atoms with E-state index in [1.165, 1.54) is 12.3 Å². The Hall–Kier alpha value is -1.73. The van der Waals surface area contributed by atoms with E-state index in [4.69, 9.17) is 11.6 Å². The van der Waals surface area contributed by atoms with Gasteiger partial charge in [-0.3, -0.25) is 9.89 Å². The number of aliphatic hydroxyl groups is 1. The Bertz CT molecular complexity index is 801. The molecule has 0 aliphatic carbocycles. The molecule has 2 aromatic rings. The number of nitrogens with zero attached hydrogens (tertiary/aromatic N) is 2. The summed E-state index contributed by atoms with van der Waals surface area (Å²) < 4.78 is 30.0. The smallest absolute Gasteiger partial charge is 0.280 e. The summed E-state index contributed by atoms with van der Waals surface area (Å²) in [6.45, 7) is 4.14. The monoisotopic (exact) mass is 385 g/mol. The fraction of sp³-hybridized carbons (Fsp3) is 0.556. The molecular formula is C18H22ClF2N3O2. The van der Waals surface area contributed by atoms with E-state index in [0.29, 0.717) is 10.9 Å². The molecule has 2 heterocycles. The molecule has 2 N–H and O–H groups in total. The van der Waals surface area contributed by atoms with Gasteiger partial charge in [0.15, 0.2) is 0 Å². The van der Waals surface area contributed by atoms with Crippen LogP contribution < -0.4 is 0 Å². The number of H-pyrrole nitrogens is 1. The molecule has 1 aliphatic rings. The maximum atomic E-state index is 15.0. The summed E-state index contributed by atoms with van der Waals surface area (Å²) in [6, 6.07) is 2.95. The third-order valence-corrected chi connectivity index (χ3v) is 5.27. The lowest BCUT2D eigenvalue weighted by Gasteiger charge is -2.38. The summed E-state index contributed by atoms with van der Waals surface area (Å²) in [7, 11) is 0. The van der Waals surface area contributed by atoms with Gasteiger partial charge in [-0.05, 0) is 25.0 Å². The van der Waals surface area contributed by atoms with Crippen molar-refractivity contribution in [1.29, 1.82) is 0 Å². The molecule has 0 bridgehead atoms. The van der Waals surface area contributed by atoms with Crippen LogP contribution in [-0.4, -0.2) is 45.1 Å². The molecule has 3 rings (SSSR count). The van der Waals surface area contributed by atoms with Crippen molar-refractivity contribution >= 4 is 28.4 Å². The first-order valence-electron chi connectivity index (χ1n) is 8.69. The van der Waals surface area contributed by atoms with E-state index in [2.05, 4.69) is 10.2 Å². The second kappa shape index (κ2) is 7.12. The molecule has 1 amide bonds. The van der Waals surface area contributed by atoms with Crippen molar-refractivity contribution in [1.82, 2.24) is 15.1 Å². The summed E-state index contributed by atoms with van der Waals surface area (Å²) in [6.07, 6.45) is -0.225. The van der Waals surface area contributed by atoms with Gasteiger partial charge >= 0.3 is 0 Å². The van der Waals surface area contributed by atoms with Gasteiger partial charge in [-0.15, -0.1) is 0 Å². The zero-order valence-corrected chi connectivity index (χ0v) is 15.4. The molecule has 1 aromatic carbocycles. The molecule has 1 fully saturated rings. The molecule has 1 aliphatic heterocycles. The number of rotatable bonds is 4. The number of likely N-dealkylation sites (tertiary alicyclic amines) is 1. The number of benzene rings is 1. The number of halogens is 3. The highest BCUT2D eigenvalue weighted by Crippen LogP contribution is 2.44. The third-order valence-electron chi connectivity index (χ3n) is 5.05. The highest BCUT2D eigenvalue weighted by atomic mass is 35.5. The van der Waals surface area contributed by atoms with Gasteiger partial charge in [0.25, 0.3) is 5.92 Å². The molecule has 5 nitrogen and oxygen atoms in total. The van der Waals surface area contributed by atoms with Crippen LogP contribution in [0.1, 0.15) is 38.4 Å². The molecule has 8 heteroatoms. The van der Waals surface area contributed by atoms with Crippen LogP contribution in [-0.2, 0) is 4.79 Å². The number of aromatic amines is 1. The van der Waals surface area contributed by atoms with Crippen molar-refractivity contribution < 1.29 is 18.7 Å². The minimum absolute atomic E-state index is 0.0266. The van der Waals surface area contributed by atoms with Crippen LogP contribution in [0.2, 0.25) is 5.02 Å². The zero-order chi connectivity index (χ0) is 19.1. The molecule has 0 radical (unpaired) electrons. The lowest BCUT2D eigenvalue weighted by molar-refractivity contribution is -0.164. The number of alkyl halides is 2. The van der Waals surface area contributed by atoms with Crippen molar-refractivity contribution in [2.75, 3.05) is 13.1 Å². The number of carbonyl (C=O) groups excluding carboxylic acids is 1. The van der Waals surface area contributed by atoms with Crippen LogP contribution in [0, 0.1) is 11.8 Å². The number of aromatic nitrogens is 2. The summed E-state index contributed by atoms with van der Waals surface area (Å²) in [5, 5.41) is 17.8. The summed E-state index contributed by atoms with van der Waals surface area (Å²) >= 11 is 6.00. The lowest BCUT2D eigenvalue weighted by Crippen LogP contribution is -2.46. The Kier molecular flexibility index (Phi) is 5.21. The van der Waals surface area contributed by atoms with Gasteiger partial charge in [0.05, 0.1) is 11.7 Å². The molecule has 26 heavy (non-hydrogen) atoms. The van der Waals surface area contributed by atoms with E-state index in [1.54, 1.807) is 24.8 Å². The predicted octanol–water partition coefficient (Wildman–Crippen LogP) is 3.78. The second-order valence-electron chi connectivity index (χ2n) is 7.16. The van der Waals surface area contributed by atoms with Crippen LogP contribution in [0.15, 0.2) is 18.3 Å². The normalized spacial score (nSPS) is 17.9. The maximum Gasteiger partial charge on any atom is 0.280 e. The maximum absolute atomic E-state index is 15.0. The molecular weight excluding hydrogens is 364 g/mol. The van der Waals surface area contributed by atoms with Gasteiger partial charge < -0.3 is 10.0 Å². The van der Waals surface area contributed by atoms with Gasteiger partial charge in [-0.1, -0.05) is 25.4 Å². The van der Waals surface area contributed by atoms with Crippen molar-refractivity contribution in [3.8, 4) is 0 Å². The summed E-state index contributed by atoms with van der Waals surface area (Å²) in [5.74, 6) is -4.53. The van der Waals surface area contributed by atoms with Gasteiger partial charge in [0, 0.05) is 40.9 Å². The number of nitrogens with one attached hydrogen (secondary N) is 1. The average molecular weight is 386 g/mol. The number of hydrogen-bond acceptors (Lipinski definition) is 3. The number of carbonyl (C=O) groups is 1. The van der Waals surface area contributed by atoms with E-state index in [-0.39, 0.29) is 48.3 Å². The second-order valence-corrected chi connectivity index (χ2v) is 7.60. The molecule has 1 aromatic heterocycles. The molecule has 142 valence electrons. The van der Waals surface area contributed by atoms with Gasteiger partial charge in [0.1, 0.15) is 6.10 Å². The standard InChI is InChI=1S/C18H22ClF2N3O2/c1-10(2)17(26)24-5-3-12(4-6-24)18(20,21)16(25)14-8-13(19)7-11-9-22-23-15(11)14/h7-10,12,16,25H,3-6H2,1-2H3,(H,22,23). The van der Waals surface area contributed by atoms with Crippen molar-refractivity contribution in [2.45, 2.75) is 38.7 Å².